The average molecular weight is 347 g/mol. The summed E-state index contributed by atoms with van der Waals surface area (Å²) in [6.07, 6.45) is 7.38. The molecule has 140 valence electrons. The van der Waals surface area contributed by atoms with Crippen LogP contribution in [0.15, 0.2) is 18.2 Å². The molecule has 0 heterocycles. The molecule has 4 heteroatoms. The van der Waals surface area contributed by atoms with Gasteiger partial charge >= 0.3 is 0 Å². The number of hydrogen-bond acceptors (Lipinski definition) is 4. The monoisotopic (exact) mass is 347 g/mol. The highest BCUT2D eigenvalue weighted by molar-refractivity contribution is 5.36. The maximum absolute atomic E-state index is 9.49. The zero-order chi connectivity index (χ0) is 17.7. The Morgan fingerprint density at radius 1 is 1.24 bits per heavy atom. The molecule has 3 rings (SSSR count). The van der Waals surface area contributed by atoms with E-state index in [4.69, 9.17) is 15.2 Å². The van der Waals surface area contributed by atoms with Crippen molar-refractivity contribution in [3.8, 4) is 0 Å². The van der Waals surface area contributed by atoms with E-state index in [1.165, 1.54) is 23.1 Å². The van der Waals surface area contributed by atoms with Gasteiger partial charge in [-0.05, 0) is 73.5 Å². The second-order valence-electron chi connectivity index (χ2n) is 8.02. The van der Waals surface area contributed by atoms with Gasteiger partial charge in [0.15, 0.2) is 0 Å². The molecule has 0 aromatic heterocycles. The van der Waals surface area contributed by atoms with Gasteiger partial charge < -0.3 is 20.3 Å². The van der Waals surface area contributed by atoms with Crippen LogP contribution < -0.4 is 5.73 Å². The first-order chi connectivity index (χ1) is 12.1. The maximum Gasteiger partial charge on any atom is 0.0611 e. The molecule has 0 spiro atoms. The molecule has 1 saturated carbocycles. The number of methoxy groups -OCH3 is 1. The molecule has 3 N–H and O–H groups in total. The third-order valence-corrected chi connectivity index (χ3v) is 5.98. The number of fused-ring (bicyclic) bond motifs is 1. The fraction of sp³-hybridized carbons (Fsp3) is 0.714. The summed E-state index contributed by atoms with van der Waals surface area (Å²) in [5.41, 5.74) is 10.3. The Labute approximate surface area is 151 Å². The van der Waals surface area contributed by atoms with E-state index in [1.54, 1.807) is 7.11 Å². The molecule has 1 aromatic carbocycles. The van der Waals surface area contributed by atoms with Gasteiger partial charge in [-0.15, -0.1) is 0 Å². The summed E-state index contributed by atoms with van der Waals surface area (Å²) in [5.74, 6) is 1.14. The van der Waals surface area contributed by atoms with Crippen molar-refractivity contribution in [2.24, 2.45) is 11.7 Å². The van der Waals surface area contributed by atoms with Gasteiger partial charge in [-0.3, -0.25) is 0 Å². The lowest BCUT2D eigenvalue weighted by Gasteiger charge is -2.26. The van der Waals surface area contributed by atoms with Gasteiger partial charge in [0.25, 0.3) is 0 Å². The number of nitrogens with two attached hydrogens (primary N) is 1. The molecular formula is C21H33NO3. The minimum atomic E-state index is -0.369. The zero-order valence-electron chi connectivity index (χ0n) is 15.5. The largest absolute Gasteiger partial charge is 0.394 e. The van der Waals surface area contributed by atoms with Crippen LogP contribution in [-0.4, -0.2) is 44.2 Å². The number of rotatable bonds is 8. The second kappa shape index (κ2) is 8.63. The molecule has 0 aliphatic heterocycles. The Bertz CT molecular complexity index is 562. The fourth-order valence-electron chi connectivity index (χ4n) is 4.39. The van der Waals surface area contributed by atoms with E-state index in [0.717, 1.165) is 58.3 Å². The van der Waals surface area contributed by atoms with Crippen molar-refractivity contribution in [3.63, 3.8) is 0 Å². The molecule has 0 amide bonds. The van der Waals surface area contributed by atoms with Crippen LogP contribution in [0.1, 0.15) is 54.7 Å². The third-order valence-electron chi connectivity index (χ3n) is 5.98. The van der Waals surface area contributed by atoms with Gasteiger partial charge in [-0.1, -0.05) is 18.2 Å². The summed E-state index contributed by atoms with van der Waals surface area (Å²) in [6, 6.07) is 7.00. The Kier molecular flexibility index (Phi) is 6.50. The van der Waals surface area contributed by atoms with Crippen molar-refractivity contribution in [2.75, 3.05) is 33.5 Å². The molecular weight excluding hydrogens is 314 g/mol. The molecule has 2 aliphatic rings. The van der Waals surface area contributed by atoms with Crippen molar-refractivity contribution < 1.29 is 14.6 Å². The highest BCUT2D eigenvalue weighted by Crippen LogP contribution is 2.40. The Hall–Kier alpha value is -0.940. The van der Waals surface area contributed by atoms with Crippen molar-refractivity contribution in [1.29, 1.82) is 0 Å². The minimum Gasteiger partial charge on any atom is -0.394 e. The summed E-state index contributed by atoms with van der Waals surface area (Å²) < 4.78 is 10.9. The lowest BCUT2D eigenvalue weighted by molar-refractivity contribution is 0.0750. The number of aliphatic hydroxyl groups excluding tert-OH is 1. The SMILES string of the molecule is COCCCOCC1CCc2cc([C@H]3CC[C@](N)(CO)C3)ccc2C1. The van der Waals surface area contributed by atoms with E-state index < -0.39 is 0 Å². The normalized spacial score (nSPS) is 28.9. The predicted octanol–water partition coefficient (Wildman–Crippen LogP) is 2.80. The van der Waals surface area contributed by atoms with Crippen LogP contribution in [0.4, 0.5) is 0 Å². The smallest absolute Gasteiger partial charge is 0.0611 e. The number of aryl methyl sites for hydroxylation is 1. The molecule has 1 unspecified atom stereocenters. The molecule has 1 fully saturated rings. The topological polar surface area (TPSA) is 64.7 Å². The summed E-state index contributed by atoms with van der Waals surface area (Å²) in [4.78, 5) is 0. The summed E-state index contributed by atoms with van der Waals surface area (Å²) >= 11 is 0. The van der Waals surface area contributed by atoms with Crippen LogP contribution in [0.5, 0.6) is 0 Å². The Balaban J connectivity index is 1.53. The van der Waals surface area contributed by atoms with Gasteiger partial charge in [0.05, 0.1) is 6.61 Å². The van der Waals surface area contributed by atoms with Crippen molar-refractivity contribution in [1.82, 2.24) is 0 Å². The molecule has 1 aromatic rings. The van der Waals surface area contributed by atoms with Crippen molar-refractivity contribution >= 4 is 0 Å². The Morgan fingerprint density at radius 2 is 2.12 bits per heavy atom. The number of benzene rings is 1. The van der Waals surface area contributed by atoms with Gasteiger partial charge in [-0.25, -0.2) is 0 Å². The first kappa shape index (κ1) is 18.8. The van der Waals surface area contributed by atoms with Gasteiger partial charge in [0, 0.05) is 32.5 Å². The van der Waals surface area contributed by atoms with Crippen LogP contribution in [-0.2, 0) is 22.3 Å². The minimum absolute atomic E-state index is 0.0977. The number of aliphatic hydroxyl groups is 1. The van der Waals surface area contributed by atoms with Crippen molar-refractivity contribution in [2.45, 2.75) is 56.4 Å². The van der Waals surface area contributed by atoms with E-state index in [-0.39, 0.29) is 12.1 Å². The molecule has 0 bridgehead atoms. The first-order valence-corrected chi connectivity index (χ1v) is 9.71. The molecule has 0 saturated heterocycles. The summed E-state index contributed by atoms with van der Waals surface area (Å²) in [6.45, 7) is 2.53. The number of ether oxygens (including phenoxy) is 2. The van der Waals surface area contributed by atoms with Crippen molar-refractivity contribution in [3.05, 3.63) is 34.9 Å². The standard InChI is InChI=1S/C21H33NO3/c1-24-9-2-10-25-14-16-3-4-18-12-19(6-5-17(18)11-16)20-7-8-21(22,13-20)15-23/h5-6,12,16,20,23H,2-4,7-11,13-15,22H2,1H3/t16?,20-,21+/m0/s1. The van der Waals surface area contributed by atoms with E-state index in [9.17, 15) is 5.11 Å². The van der Waals surface area contributed by atoms with Crippen LogP contribution in [0.2, 0.25) is 0 Å². The highest BCUT2D eigenvalue weighted by Gasteiger charge is 2.36. The fourth-order valence-corrected chi connectivity index (χ4v) is 4.39. The molecule has 4 nitrogen and oxygen atoms in total. The van der Waals surface area contributed by atoms with Crippen LogP contribution in [0, 0.1) is 5.92 Å². The van der Waals surface area contributed by atoms with E-state index in [0.29, 0.717) is 11.8 Å². The second-order valence-corrected chi connectivity index (χ2v) is 8.02. The Morgan fingerprint density at radius 3 is 2.88 bits per heavy atom. The maximum atomic E-state index is 9.49. The first-order valence-electron chi connectivity index (χ1n) is 9.71. The van der Waals surface area contributed by atoms with E-state index in [2.05, 4.69) is 18.2 Å². The molecule has 25 heavy (non-hydrogen) atoms. The third kappa shape index (κ3) is 4.82. The quantitative estimate of drug-likeness (QED) is 0.710. The molecule has 2 aliphatic carbocycles. The highest BCUT2D eigenvalue weighted by atomic mass is 16.5. The predicted molar refractivity (Wildman–Crippen MR) is 99.9 cm³/mol. The number of hydrogen-bond donors (Lipinski definition) is 2. The lowest BCUT2D eigenvalue weighted by Crippen LogP contribution is -2.40. The van der Waals surface area contributed by atoms with Crippen LogP contribution >= 0.6 is 0 Å². The average Bonchev–Trinajstić information content (AvgIpc) is 3.04. The zero-order valence-corrected chi connectivity index (χ0v) is 15.5. The summed E-state index contributed by atoms with van der Waals surface area (Å²) in [7, 11) is 1.73. The van der Waals surface area contributed by atoms with Gasteiger partial charge in [0.1, 0.15) is 0 Å². The van der Waals surface area contributed by atoms with Crippen LogP contribution in [0.25, 0.3) is 0 Å². The molecule has 0 radical (unpaired) electrons. The molecule has 3 atom stereocenters. The van der Waals surface area contributed by atoms with E-state index in [1.807, 2.05) is 0 Å². The van der Waals surface area contributed by atoms with Crippen LogP contribution in [0.3, 0.4) is 0 Å². The van der Waals surface area contributed by atoms with E-state index >= 15 is 0 Å². The van der Waals surface area contributed by atoms with Gasteiger partial charge in [0.2, 0.25) is 0 Å². The lowest BCUT2D eigenvalue weighted by atomic mass is 9.82. The van der Waals surface area contributed by atoms with Gasteiger partial charge in [-0.2, -0.15) is 0 Å². The summed E-state index contributed by atoms with van der Waals surface area (Å²) in [5, 5.41) is 9.49.